The van der Waals surface area contributed by atoms with Crippen molar-refractivity contribution in [3.05, 3.63) is 45.8 Å². The molecule has 1 aliphatic rings. The van der Waals surface area contributed by atoms with Crippen LogP contribution >= 0.6 is 0 Å². The van der Waals surface area contributed by atoms with E-state index in [2.05, 4.69) is 5.32 Å². The van der Waals surface area contributed by atoms with E-state index >= 15 is 0 Å². The van der Waals surface area contributed by atoms with E-state index in [9.17, 15) is 9.59 Å². The summed E-state index contributed by atoms with van der Waals surface area (Å²) in [5.41, 5.74) is 6.84. The summed E-state index contributed by atoms with van der Waals surface area (Å²) < 4.78 is 5.26. The van der Waals surface area contributed by atoms with Crippen LogP contribution in [0.5, 0.6) is 0 Å². The number of fused-ring (bicyclic) bond motifs is 1. The lowest BCUT2D eigenvalue weighted by Crippen LogP contribution is -2.41. The lowest BCUT2D eigenvalue weighted by Gasteiger charge is -2.26. The van der Waals surface area contributed by atoms with Crippen LogP contribution < -0.4 is 16.7 Å². The maximum atomic E-state index is 12.3. The second kappa shape index (κ2) is 5.93. The Kier molecular flexibility index (Phi) is 3.98. The highest BCUT2D eigenvalue weighted by molar-refractivity contribution is 5.96. The van der Waals surface area contributed by atoms with Gasteiger partial charge in [0.15, 0.2) is 0 Å². The van der Waals surface area contributed by atoms with Crippen LogP contribution in [0.25, 0.3) is 11.0 Å². The van der Waals surface area contributed by atoms with Crippen LogP contribution in [-0.2, 0) is 0 Å². The highest BCUT2D eigenvalue weighted by Gasteiger charge is 2.22. The van der Waals surface area contributed by atoms with Crippen molar-refractivity contribution in [2.45, 2.75) is 44.7 Å². The van der Waals surface area contributed by atoms with E-state index in [1.165, 1.54) is 0 Å². The average Bonchev–Trinajstić information content (AvgIpc) is 2.48. The molecule has 0 aliphatic heterocycles. The number of rotatable bonds is 2. The quantitative estimate of drug-likeness (QED) is 0.832. The van der Waals surface area contributed by atoms with Crippen LogP contribution in [0.3, 0.4) is 0 Å². The first-order chi connectivity index (χ1) is 10.5. The number of aryl methyl sites for hydroxylation is 1. The van der Waals surface area contributed by atoms with E-state index < -0.39 is 5.63 Å². The minimum absolute atomic E-state index is 0.0613. The molecule has 22 heavy (non-hydrogen) atoms. The smallest absolute Gasteiger partial charge is 0.349 e. The van der Waals surface area contributed by atoms with Gasteiger partial charge in [0, 0.05) is 17.5 Å². The summed E-state index contributed by atoms with van der Waals surface area (Å²) in [4.78, 5) is 24.4. The molecule has 1 heterocycles. The van der Waals surface area contributed by atoms with Gasteiger partial charge in [0.05, 0.1) is 0 Å². The Balaban J connectivity index is 1.83. The predicted octanol–water partition coefficient (Wildman–Crippen LogP) is 2.10. The molecule has 5 nitrogen and oxygen atoms in total. The third kappa shape index (κ3) is 3.04. The van der Waals surface area contributed by atoms with Gasteiger partial charge in [-0.1, -0.05) is 12.1 Å². The number of amides is 1. The maximum absolute atomic E-state index is 12.3. The number of benzene rings is 1. The molecule has 3 N–H and O–H groups in total. The van der Waals surface area contributed by atoms with Gasteiger partial charge in [0.2, 0.25) is 0 Å². The highest BCUT2D eigenvalue weighted by atomic mass is 16.4. The molecule has 1 aromatic heterocycles. The summed E-state index contributed by atoms with van der Waals surface area (Å²) in [5, 5.41) is 3.67. The molecule has 1 fully saturated rings. The fraction of sp³-hybridized carbons (Fsp3) is 0.412. The number of carbonyl (C=O) groups is 1. The van der Waals surface area contributed by atoms with E-state index in [-0.39, 0.29) is 23.6 Å². The van der Waals surface area contributed by atoms with E-state index in [1.54, 1.807) is 12.1 Å². The van der Waals surface area contributed by atoms with Crippen LogP contribution in [0.2, 0.25) is 0 Å². The highest BCUT2D eigenvalue weighted by Crippen LogP contribution is 2.18. The first-order valence-corrected chi connectivity index (χ1v) is 7.64. The molecule has 0 bridgehead atoms. The second-order valence-corrected chi connectivity index (χ2v) is 6.07. The van der Waals surface area contributed by atoms with Gasteiger partial charge in [0.1, 0.15) is 11.1 Å². The van der Waals surface area contributed by atoms with Crippen molar-refractivity contribution in [1.29, 1.82) is 0 Å². The second-order valence-electron chi connectivity index (χ2n) is 6.07. The van der Waals surface area contributed by atoms with Crippen molar-refractivity contribution in [3.63, 3.8) is 0 Å². The topological polar surface area (TPSA) is 85.3 Å². The molecule has 0 saturated heterocycles. The summed E-state index contributed by atoms with van der Waals surface area (Å²) in [6, 6.07) is 7.48. The number of hydrogen-bond acceptors (Lipinski definition) is 4. The molecular weight excluding hydrogens is 280 g/mol. The van der Waals surface area contributed by atoms with E-state index in [4.69, 9.17) is 10.2 Å². The van der Waals surface area contributed by atoms with Gasteiger partial charge >= 0.3 is 5.63 Å². The monoisotopic (exact) mass is 300 g/mol. The number of nitrogens with two attached hydrogens (primary N) is 1. The number of nitrogens with one attached hydrogen (secondary N) is 1. The van der Waals surface area contributed by atoms with E-state index in [0.29, 0.717) is 5.58 Å². The molecule has 116 valence electrons. The number of carbonyl (C=O) groups excluding carboxylic acids is 1. The van der Waals surface area contributed by atoms with Gasteiger partial charge in [-0.2, -0.15) is 0 Å². The molecule has 1 aliphatic carbocycles. The third-order valence-electron chi connectivity index (χ3n) is 4.24. The Hall–Kier alpha value is -2.14. The molecular formula is C17H20N2O3. The first kappa shape index (κ1) is 14.8. The third-order valence-corrected chi connectivity index (χ3v) is 4.24. The van der Waals surface area contributed by atoms with E-state index in [1.807, 2.05) is 19.1 Å². The zero-order valence-corrected chi connectivity index (χ0v) is 12.6. The lowest BCUT2D eigenvalue weighted by molar-refractivity contribution is 0.0922. The van der Waals surface area contributed by atoms with Crippen LogP contribution in [-0.4, -0.2) is 18.0 Å². The molecule has 1 saturated carbocycles. The van der Waals surface area contributed by atoms with Crippen molar-refractivity contribution in [2.24, 2.45) is 5.73 Å². The minimum Gasteiger partial charge on any atom is -0.422 e. The molecule has 2 aromatic rings. The largest absolute Gasteiger partial charge is 0.422 e. The minimum atomic E-state index is -0.594. The van der Waals surface area contributed by atoms with Gasteiger partial charge in [-0.25, -0.2) is 4.79 Å². The Labute approximate surface area is 128 Å². The van der Waals surface area contributed by atoms with Gasteiger partial charge in [0.25, 0.3) is 5.91 Å². The predicted molar refractivity (Wildman–Crippen MR) is 84.9 cm³/mol. The molecule has 5 heteroatoms. The first-order valence-electron chi connectivity index (χ1n) is 7.64. The van der Waals surface area contributed by atoms with Crippen LogP contribution in [0.4, 0.5) is 0 Å². The Morgan fingerprint density at radius 3 is 2.68 bits per heavy atom. The maximum Gasteiger partial charge on any atom is 0.349 e. The normalized spacial score (nSPS) is 21.7. The van der Waals surface area contributed by atoms with Crippen LogP contribution in [0, 0.1) is 6.92 Å². The van der Waals surface area contributed by atoms with Crippen molar-refractivity contribution < 1.29 is 9.21 Å². The van der Waals surface area contributed by atoms with Gasteiger partial charge < -0.3 is 15.5 Å². The van der Waals surface area contributed by atoms with Gasteiger partial charge in [-0.3, -0.25) is 4.79 Å². The van der Waals surface area contributed by atoms with Crippen molar-refractivity contribution in [1.82, 2.24) is 5.32 Å². The molecule has 0 unspecified atom stereocenters. The Bertz CT molecular complexity index is 758. The molecule has 0 atom stereocenters. The fourth-order valence-electron chi connectivity index (χ4n) is 2.90. The average molecular weight is 300 g/mol. The zero-order chi connectivity index (χ0) is 15.7. The summed E-state index contributed by atoms with van der Waals surface area (Å²) in [6.45, 7) is 1.92. The van der Waals surface area contributed by atoms with Crippen LogP contribution in [0.15, 0.2) is 33.5 Å². The van der Waals surface area contributed by atoms with Crippen molar-refractivity contribution in [2.75, 3.05) is 0 Å². The van der Waals surface area contributed by atoms with E-state index in [0.717, 1.165) is 36.6 Å². The van der Waals surface area contributed by atoms with Crippen LogP contribution in [0.1, 0.15) is 41.6 Å². The molecule has 1 amide bonds. The molecule has 1 aromatic carbocycles. The summed E-state index contributed by atoms with van der Waals surface area (Å²) in [7, 11) is 0. The Morgan fingerprint density at radius 1 is 1.23 bits per heavy atom. The zero-order valence-electron chi connectivity index (χ0n) is 12.6. The van der Waals surface area contributed by atoms with Crippen molar-refractivity contribution >= 4 is 16.9 Å². The molecule has 3 rings (SSSR count). The number of hydrogen-bond donors (Lipinski definition) is 2. The fourth-order valence-corrected chi connectivity index (χ4v) is 2.90. The summed E-state index contributed by atoms with van der Waals surface area (Å²) in [6.07, 6.45) is 3.50. The Morgan fingerprint density at radius 2 is 1.95 bits per heavy atom. The molecule has 0 spiro atoms. The summed E-state index contributed by atoms with van der Waals surface area (Å²) >= 11 is 0. The van der Waals surface area contributed by atoms with Crippen molar-refractivity contribution in [3.8, 4) is 0 Å². The lowest BCUT2D eigenvalue weighted by atomic mass is 9.91. The summed E-state index contributed by atoms with van der Waals surface area (Å²) in [5.74, 6) is -0.364. The molecule has 0 radical (unpaired) electrons. The SMILES string of the molecule is Cc1ccc2cc(C(=O)N[C@H]3CC[C@H](N)CC3)c(=O)oc2c1. The standard InChI is InChI=1S/C17H20N2O3/c1-10-2-3-11-9-14(17(21)22-15(11)8-10)16(20)19-13-6-4-12(18)5-7-13/h2-3,8-9,12-13H,4-7,18H2,1H3,(H,19,20)/t12-,13-. The van der Waals surface area contributed by atoms with Gasteiger partial charge in [-0.15, -0.1) is 0 Å². The van der Waals surface area contributed by atoms with Gasteiger partial charge in [-0.05, 0) is 50.3 Å².